The second kappa shape index (κ2) is 4.65. The Morgan fingerprint density at radius 3 is 2.50 bits per heavy atom. The van der Waals surface area contributed by atoms with Gasteiger partial charge < -0.3 is 0 Å². The number of benzene rings is 1. The fraction of sp³-hybridized carbons (Fsp3) is 0.385. The molecule has 0 aromatic heterocycles. The number of hydrogen-bond donors (Lipinski definition) is 0. The van der Waals surface area contributed by atoms with Gasteiger partial charge in [-0.05, 0) is 49.0 Å². The number of rotatable bonds is 1. The Labute approximate surface area is 90.6 Å². The lowest BCUT2D eigenvalue weighted by molar-refractivity contribution is 0.720. The van der Waals surface area contributed by atoms with E-state index >= 15 is 0 Å². The summed E-state index contributed by atoms with van der Waals surface area (Å²) in [7, 11) is 0. The average molecular weight is 207 g/mol. The third-order valence-corrected chi connectivity index (χ3v) is 3.01. The highest BCUT2D eigenvalue weighted by Crippen LogP contribution is 2.26. The van der Waals surface area contributed by atoms with E-state index in [0.29, 0.717) is 0 Å². The molecule has 0 unspecified atom stereocenters. The van der Waals surface area contributed by atoms with Gasteiger partial charge in [0.25, 0.3) is 0 Å². The third kappa shape index (κ3) is 2.39. The first-order valence-electron chi connectivity index (χ1n) is 5.31. The molecule has 0 heterocycles. The molecule has 1 aliphatic carbocycles. The van der Waals surface area contributed by atoms with E-state index in [4.69, 9.17) is 11.6 Å². The molecule has 0 radical (unpaired) electrons. The largest absolute Gasteiger partial charge is 0.0843 e. The van der Waals surface area contributed by atoms with Crippen molar-refractivity contribution in [2.75, 3.05) is 0 Å². The fourth-order valence-electron chi connectivity index (χ4n) is 1.94. The molecular formula is C13H15Cl. The van der Waals surface area contributed by atoms with Gasteiger partial charge in [-0.1, -0.05) is 36.2 Å². The molecule has 1 aromatic carbocycles. The van der Waals surface area contributed by atoms with E-state index in [1.165, 1.54) is 43.2 Å². The van der Waals surface area contributed by atoms with Gasteiger partial charge in [0.2, 0.25) is 0 Å². The van der Waals surface area contributed by atoms with Gasteiger partial charge in [0.1, 0.15) is 0 Å². The molecule has 0 bridgehead atoms. The van der Waals surface area contributed by atoms with Gasteiger partial charge in [-0.3, -0.25) is 0 Å². The van der Waals surface area contributed by atoms with Crippen molar-refractivity contribution >= 4 is 17.2 Å². The smallest absolute Gasteiger partial charge is 0.0406 e. The minimum absolute atomic E-state index is 0.822. The minimum atomic E-state index is 0.822. The summed E-state index contributed by atoms with van der Waals surface area (Å²) in [4.78, 5) is 0. The average Bonchev–Trinajstić information content (AvgIpc) is 2.47. The Kier molecular flexibility index (Phi) is 3.26. The van der Waals surface area contributed by atoms with Gasteiger partial charge in [0, 0.05) is 5.02 Å². The first-order valence-corrected chi connectivity index (χ1v) is 5.69. The summed E-state index contributed by atoms with van der Waals surface area (Å²) in [6.45, 7) is 0. The fourth-order valence-corrected chi connectivity index (χ4v) is 2.07. The van der Waals surface area contributed by atoms with Crippen LogP contribution in [-0.4, -0.2) is 0 Å². The molecule has 0 spiro atoms. The van der Waals surface area contributed by atoms with Crippen molar-refractivity contribution in [1.82, 2.24) is 0 Å². The van der Waals surface area contributed by atoms with E-state index in [9.17, 15) is 0 Å². The molecular weight excluding hydrogens is 192 g/mol. The van der Waals surface area contributed by atoms with Crippen molar-refractivity contribution in [1.29, 1.82) is 0 Å². The Balaban J connectivity index is 2.20. The highest BCUT2D eigenvalue weighted by atomic mass is 35.5. The van der Waals surface area contributed by atoms with Gasteiger partial charge >= 0.3 is 0 Å². The molecule has 0 saturated carbocycles. The van der Waals surface area contributed by atoms with Crippen molar-refractivity contribution in [3.63, 3.8) is 0 Å². The molecule has 74 valence electrons. The highest BCUT2D eigenvalue weighted by Gasteiger charge is 2.04. The summed E-state index contributed by atoms with van der Waals surface area (Å²) >= 11 is 5.86. The van der Waals surface area contributed by atoms with Crippen LogP contribution in [0.1, 0.15) is 37.7 Å². The topological polar surface area (TPSA) is 0 Å². The standard InChI is InChI=1S/C13H15Cl/c14-13-9-7-12(8-10-13)11-5-3-1-2-4-6-11/h5,7-10H,1-4,6H2. The predicted octanol–water partition coefficient (Wildman–Crippen LogP) is 4.69. The minimum Gasteiger partial charge on any atom is -0.0843 e. The molecule has 1 heteroatoms. The van der Waals surface area contributed by atoms with E-state index in [1.54, 1.807) is 0 Å². The van der Waals surface area contributed by atoms with Gasteiger partial charge in [0.15, 0.2) is 0 Å². The molecule has 14 heavy (non-hydrogen) atoms. The lowest BCUT2D eigenvalue weighted by Gasteiger charge is -2.05. The maximum absolute atomic E-state index is 5.86. The van der Waals surface area contributed by atoms with Crippen molar-refractivity contribution in [2.24, 2.45) is 0 Å². The molecule has 2 rings (SSSR count). The third-order valence-electron chi connectivity index (χ3n) is 2.76. The predicted molar refractivity (Wildman–Crippen MR) is 62.5 cm³/mol. The van der Waals surface area contributed by atoms with Crippen LogP contribution in [0.5, 0.6) is 0 Å². The lowest BCUT2D eigenvalue weighted by atomic mass is 10.0. The Hall–Kier alpha value is -0.750. The zero-order valence-corrected chi connectivity index (χ0v) is 9.06. The number of hydrogen-bond acceptors (Lipinski definition) is 0. The second-order valence-corrected chi connectivity index (χ2v) is 4.27. The molecule has 0 N–H and O–H groups in total. The Bertz CT molecular complexity index is 322. The molecule has 0 atom stereocenters. The van der Waals surface area contributed by atoms with Crippen molar-refractivity contribution in [3.8, 4) is 0 Å². The Morgan fingerprint density at radius 1 is 0.929 bits per heavy atom. The molecule has 1 aliphatic rings. The molecule has 1 aromatic rings. The first-order chi connectivity index (χ1) is 6.86. The van der Waals surface area contributed by atoms with Crippen molar-refractivity contribution in [3.05, 3.63) is 40.9 Å². The quantitative estimate of drug-likeness (QED) is 0.626. The van der Waals surface area contributed by atoms with Crippen LogP contribution in [-0.2, 0) is 0 Å². The molecule has 0 nitrogen and oxygen atoms in total. The molecule has 0 fully saturated rings. The van der Waals surface area contributed by atoms with E-state index in [-0.39, 0.29) is 0 Å². The van der Waals surface area contributed by atoms with Crippen molar-refractivity contribution in [2.45, 2.75) is 32.1 Å². The van der Waals surface area contributed by atoms with Crippen LogP contribution in [0.4, 0.5) is 0 Å². The summed E-state index contributed by atoms with van der Waals surface area (Å²) in [6, 6.07) is 8.20. The Morgan fingerprint density at radius 2 is 1.71 bits per heavy atom. The van der Waals surface area contributed by atoms with Gasteiger partial charge in [-0.25, -0.2) is 0 Å². The van der Waals surface area contributed by atoms with Crippen LogP contribution in [0.3, 0.4) is 0 Å². The van der Waals surface area contributed by atoms with Crippen LogP contribution in [0.25, 0.3) is 5.57 Å². The van der Waals surface area contributed by atoms with Crippen LogP contribution in [0, 0.1) is 0 Å². The van der Waals surface area contributed by atoms with Crippen LogP contribution in [0.15, 0.2) is 30.3 Å². The summed E-state index contributed by atoms with van der Waals surface area (Å²) < 4.78 is 0. The first kappa shape index (κ1) is 9.79. The van der Waals surface area contributed by atoms with Gasteiger partial charge in [-0.2, -0.15) is 0 Å². The van der Waals surface area contributed by atoms with E-state index < -0.39 is 0 Å². The maximum Gasteiger partial charge on any atom is 0.0406 e. The van der Waals surface area contributed by atoms with Crippen LogP contribution < -0.4 is 0 Å². The molecule has 0 saturated heterocycles. The monoisotopic (exact) mass is 206 g/mol. The number of halogens is 1. The lowest BCUT2D eigenvalue weighted by Crippen LogP contribution is -1.83. The normalized spacial score (nSPS) is 17.4. The highest BCUT2D eigenvalue weighted by molar-refractivity contribution is 6.30. The summed E-state index contributed by atoms with van der Waals surface area (Å²) in [5.41, 5.74) is 2.84. The number of allylic oxidation sites excluding steroid dienone is 2. The zero-order chi connectivity index (χ0) is 9.80. The van der Waals surface area contributed by atoms with E-state index in [2.05, 4.69) is 18.2 Å². The zero-order valence-electron chi connectivity index (χ0n) is 8.30. The molecule has 0 aliphatic heterocycles. The summed E-state index contributed by atoms with van der Waals surface area (Å²) in [5.74, 6) is 0. The van der Waals surface area contributed by atoms with E-state index in [0.717, 1.165) is 5.02 Å². The SMILES string of the molecule is Clc1ccc(C2=CCCCCC2)cc1. The van der Waals surface area contributed by atoms with Gasteiger partial charge in [-0.15, -0.1) is 0 Å². The van der Waals surface area contributed by atoms with Crippen LogP contribution >= 0.6 is 11.6 Å². The van der Waals surface area contributed by atoms with E-state index in [1.807, 2.05) is 12.1 Å². The second-order valence-electron chi connectivity index (χ2n) is 3.84. The van der Waals surface area contributed by atoms with Crippen molar-refractivity contribution < 1.29 is 0 Å². The van der Waals surface area contributed by atoms with Crippen LogP contribution in [0.2, 0.25) is 5.02 Å². The van der Waals surface area contributed by atoms with Gasteiger partial charge in [0.05, 0.1) is 0 Å². The summed E-state index contributed by atoms with van der Waals surface area (Å²) in [5, 5.41) is 0.822. The maximum atomic E-state index is 5.86. The summed E-state index contributed by atoms with van der Waals surface area (Å²) in [6.07, 6.45) is 8.88. The molecule has 0 amide bonds.